The third-order valence-corrected chi connectivity index (χ3v) is 4.48. The molecular formula is C20H23NO2. The van der Waals surface area contributed by atoms with Crippen LogP contribution in [0.15, 0.2) is 36.4 Å². The van der Waals surface area contributed by atoms with Gasteiger partial charge >= 0.3 is 0 Å². The first-order chi connectivity index (χ1) is 11.2. The third-order valence-electron chi connectivity index (χ3n) is 4.48. The molecule has 0 radical (unpaired) electrons. The fourth-order valence-corrected chi connectivity index (χ4v) is 3.11. The normalized spacial score (nSPS) is 13.8. The minimum Gasteiger partial charge on any atom is -0.495 e. The van der Waals surface area contributed by atoms with Crippen LogP contribution in [-0.2, 0) is 12.8 Å². The summed E-state index contributed by atoms with van der Waals surface area (Å²) in [5.74, 6) is 0.642. The number of rotatable bonds is 3. The van der Waals surface area contributed by atoms with Gasteiger partial charge in [0.1, 0.15) is 5.75 Å². The summed E-state index contributed by atoms with van der Waals surface area (Å²) >= 11 is 0. The van der Waals surface area contributed by atoms with Gasteiger partial charge in [0.15, 0.2) is 0 Å². The molecule has 3 rings (SSSR count). The molecule has 23 heavy (non-hydrogen) atoms. The number of hydrogen-bond acceptors (Lipinski definition) is 2. The van der Waals surface area contributed by atoms with Crippen molar-refractivity contribution in [3.63, 3.8) is 0 Å². The third kappa shape index (κ3) is 3.55. The molecule has 120 valence electrons. The fraction of sp³-hybridized carbons (Fsp3) is 0.350. The molecule has 0 aromatic heterocycles. The topological polar surface area (TPSA) is 38.3 Å². The lowest BCUT2D eigenvalue weighted by Gasteiger charge is -2.15. The smallest absolute Gasteiger partial charge is 0.255 e. The maximum Gasteiger partial charge on any atom is 0.255 e. The van der Waals surface area contributed by atoms with Crippen molar-refractivity contribution >= 4 is 11.6 Å². The number of ether oxygens (including phenoxy) is 1. The molecule has 0 heterocycles. The molecule has 0 bridgehead atoms. The second-order valence-electron chi connectivity index (χ2n) is 6.20. The minimum atomic E-state index is -0.100. The van der Waals surface area contributed by atoms with E-state index in [1.165, 1.54) is 30.4 Å². The highest BCUT2D eigenvalue weighted by Gasteiger charge is 2.15. The molecule has 0 aliphatic heterocycles. The van der Waals surface area contributed by atoms with Crippen molar-refractivity contribution in [3.8, 4) is 5.75 Å². The SMILES string of the molecule is COc1cc2c(cc1NC(=O)c1ccc(C)cc1)CCCCC2. The fourth-order valence-electron chi connectivity index (χ4n) is 3.11. The van der Waals surface area contributed by atoms with Crippen LogP contribution in [0, 0.1) is 6.92 Å². The van der Waals surface area contributed by atoms with Crippen molar-refractivity contribution in [1.82, 2.24) is 0 Å². The predicted octanol–water partition coefficient (Wildman–Crippen LogP) is 4.52. The Balaban J connectivity index is 1.88. The minimum absolute atomic E-state index is 0.100. The van der Waals surface area contributed by atoms with Crippen LogP contribution >= 0.6 is 0 Å². The Morgan fingerprint density at radius 3 is 2.30 bits per heavy atom. The average Bonchev–Trinajstić information content (AvgIpc) is 2.79. The zero-order chi connectivity index (χ0) is 16.2. The number of aryl methyl sites for hydroxylation is 3. The molecule has 0 atom stereocenters. The molecule has 1 aliphatic rings. The van der Waals surface area contributed by atoms with E-state index < -0.39 is 0 Å². The van der Waals surface area contributed by atoms with E-state index in [0.29, 0.717) is 5.56 Å². The van der Waals surface area contributed by atoms with Gasteiger partial charge in [0.05, 0.1) is 12.8 Å². The second-order valence-corrected chi connectivity index (χ2v) is 6.20. The Bertz CT molecular complexity index is 704. The number of fused-ring (bicyclic) bond motifs is 1. The van der Waals surface area contributed by atoms with Crippen molar-refractivity contribution in [2.75, 3.05) is 12.4 Å². The Kier molecular flexibility index (Phi) is 4.65. The van der Waals surface area contributed by atoms with Gasteiger partial charge in [0.2, 0.25) is 0 Å². The highest BCUT2D eigenvalue weighted by Crippen LogP contribution is 2.32. The van der Waals surface area contributed by atoms with E-state index in [4.69, 9.17) is 4.74 Å². The van der Waals surface area contributed by atoms with Crippen LogP contribution in [0.25, 0.3) is 0 Å². The highest BCUT2D eigenvalue weighted by molar-refractivity contribution is 6.05. The molecule has 0 saturated carbocycles. The molecule has 0 spiro atoms. The Morgan fingerprint density at radius 2 is 1.65 bits per heavy atom. The van der Waals surface area contributed by atoms with Crippen molar-refractivity contribution in [1.29, 1.82) is 0 Å². The zero-order valence-corrected chi connectivity index (χ0v) is 13.8. The molecule has 2 aromatic rings. The summed E-state index contributed by atoms with van der Waals surface area (Å²) in [5, 5.41) is 3.00. The average molecular weight is 309 g/mol. The molecule has 3 heteroatoms. The number of anilines is 1. The van der Waals surface area contributed by atoms with Crippen molar-refractivity contribution in [3.05, 3.63) is 58.7 Å². The summed E-state index contributed by atoms with van der Waals surface area (Å²) < 4.78 is 5.49. The number of carbonyl (C=O) groups is 1. The van der Waals surface area contributed by atoms with E-state index in [-0.39, 0.29) is 5.91 Å². The maximum absolute atomic E-state index is 12.5. The lowest BCUT2D eigenvalue weighted by atomic mass is 10.0. The first kappa shape index (κ1) is 15.6. The van der Waals surface area contributed by atoms with Gasteiger partial charge in [0, 0.05) is 5.56 Å². The van der Waals surface area contributed by atoms with E-state index in [2.05, 4.69) is 17.4 Å². The molecule has 1 N–H and O–H groups in total. The number of amides is 1. The maximum atomic E-state index is 12.5. The number of hydrogen-bond donors (Lipinski definition) is 1. The van der Waals surface area contributed by atoms with Gasteiger partial charge in [-0.15, -0.1) is 0 Å². The molecule has 3 nitrogen and oxygen atoms in total. The van der Waals surface area contributed by atoms with Crippen molar-refractivity contribution in [2.24, 2.45) is 0 Å². The van der Waals surface area contributed by atoms with Gasteiger partial charge in [-0.25, -0.2) is 0 Å². The van der Waals surface area contributed by atoms with E-state index in [1.54, 1.807) is 7.11 Å². The monoisotopic (exact) mass is 309 g/mol. The van der Waals surface area contributed by atoms with E-state index in [9.17, 15) is 4.79 Å². The van der Waals surface area contributed by atoms with Crippen LogP contribution in [0.1, 0.15) is 46.3 Å². The Morgan fingerprint density at radius 1 is 1.00 bits per heavy atom. The number of methoxy groups -OCH3 is 1. The molecule has 1 amide bonds. The molecule has 2 aromatic carbocycles. The molecular weight excluding hydrogens is 286 g/mol. The van der Waals surface area contributed by atoms with Gasteiger partial charge in [-0.2, -0.15) is 0 Å². The number of carbonyl (C=O) groups excluding carboxylic acids is 1. The molecule has 1 aliphatic carbocycles. The Labute approximate surface area is 137 Å². The highest BCUT2D eigenvalue weighted by atomic mass is 16.5. The quantitative estimate of drug-likeness (QED) is 0.846. The summed E-state index contributed by atoms with van der Waals surface area (Å²) in [5.41, 5.74) is 5.26. The van der Waals surface area contributed by atoms with Gasteiger partial charge < -0.3 is 10.1 Å². The van der Waals surface area contributed by atoms with Gasteiger partial charge in [-0.3, -0.25) is 4.79 Å². The van der Waals surface area contributed by atoms with Crippen LogP contribution in [0.5, 0.6) is 5.75 Å². The van der Waals surface area contributed by atoms with E-state index >= 15 is 0 Å². The number of benzene rings is 2. The Hall–Kier alpha value is -2.29. The standard InChI is InChI=1S/C20H23NO2/c1-14-8-10-15(11-9-14)20(22)21-18-12-16-6-4-3-5-7-17(16)13-19(18)23-2/h8-13H,3-7H2,1-2H3,(H,21,22). The first-order valence-corrected chi connectivity index (χ1v) is 8.25. The summed E-state index contributed by atoms with van der Waals surface area (Å²) in [6.45, 7) is 2.01. The molecule has 0 fully saturated rings. The molecule has 0 unspecified atom stereocenters. The van der Waals surface area contributed by atoms with Crippen LogP contribution in [-0.4, -0.2) is 13.0 Å². The zero-order valence-electron chi connectivity index (χ0n) is 13.8. The van der Waals surface area contributed by atoms with E-state index in [0.717, 1.165) is 29.8 Å². The second kappa shape index (κ2) is 6.86. The summed E-state index contributed by atoms with van der Waals surface area (Å²) in [6, 6.07) is 11.8. The summed E-state index contributed by atoms with van der Waals surface area (Å²) in [6.07, 6.45) is 5.88. The van der Waals surface area contributed by atoms with Crippen molar-refractivity contribution in [2.45, 2.75) is 39.0 Å². The predicted molar refractivity (Wildman–Crippen MR) is 93.4 cm³/mol. The largest absolute Gasteiger partial charge is 0.495 e. The summed E-state index contributed by atoms with van der Waals surface area (Å²) in [4.78, 5) is 12.5. The molecule has 0 saturated heterocycles. The first-order valence-electron chi connectivity index (χ1n) is 8.25. The lowest BCUT2D eigenvalue weighted by Crippen LogP contribution is -2.13. The van der Waals surface area contributed by atoms with Crippen LogP contribution < -0.4 is 10.1 Å². The van der Waals surface area contributed by atoms with E-state index in [1.807, 2.05) is 31.2 Å². The van der Waals surface area contributed by atoms with Gasteiger partial charge in [0.25, 0.3) is 5.91 Å². The van der Waals surface area contributed by atoms with Gasteiger partial charge in [-0.05, 0) is 68.0 Å². The van der Waals surface area contributed by atoms with Crippen LogP contribution in [0.2, 0.25) is 0 Å². The van der Waals surface area contributed by atoms with Crippen LogP contribution in [0.4, 0.5) is 5.69 Å². The number of nitrogens with one attached hydrogen (secondary N) is 1. The van der Waals surface area contributed by atoms with Crippen molar-refractivity contribution < 1.29 is 9.53 Å². The summed E-state index contributed by atoms with van der Waals surface area (Å²) in [7, 11) is 1.65. The van der Waals surface area contributed by atoms with Crippen LogP contribution in [0.3, 0.4) is 0 Å². The van der Waals surface area contributed by atoms with Gasteiger partial charge in [-0.1, -0.05) is 24.1 Å². The lowest BCUT2D eigenvalue weighted by molar-refractivity contribution is 0.102.